The molecule has 0 heteroatoms. The minimum atomic E-state index is 0.326. The van der Waals surface area contributed by atoms with Gasteiger partial charge in [0.05, 0.1) is 0 Å². The van der Waals surface area contributed by atoms with E-state index in [-0.39, 0.29) is 0 Å². The molecule has 29 heavy (non-hydrogen) atoms. The summed E-state index contributed by atoms with van der Waals surface area (Å²) < 4.78 is 0. The summed E-state index contributed by atoms with van der Waals surface area (Å²) in [6.07, 6.45) is 21.3. The average molecular weight is 379 g/mol. The smallest absolute Gasteiger partial charge is 0.0137 e. The van der Waals surface area contributed by atoms with Gasteiger partial charge in [-0.05, 0) is 59.6 Å². The van der Waals surface area contributed by atoms with Crippen LogP contribution in [0.2, 0.25) is 0 Å². The van der Waals surface area contributed by atoms with Crippen molar-refractivity contribution in [1.82, 2.24) is 0 Å². The fraction of sp³-hybridized carbons (Fsp3) is 0.241. The van der Waals surface area contributed by atoms with Crippen molar-refractivity contribution in [1.29, 1.82) is 0 Å². The van der Waals surface area contributed by atoms with Gasteiger partial charge in [-0.2, -0.15) is 0 Å². The van der Waals surface area contributed by atoms with Crippen LogP contribution in [0.4, 0.5) is 0 Å². The van der Waals surface area contributed by atoms with Crippen molar-refractivity contribution in [2.75, 3.05) is 0 Å². The summed E-state index contributed by atoms with van der Waals surface area (Å²) in [4.78, 5) is 0. The molecule has 0 bridgehead atoms. The van der Waals surface area contributed by atoms with E-state index in [9.17, 15) is 0 Å². The van der Waals surface area contributed by atoms with Crippen molar-refractivity contribution < 1.29 is 0 Å². The summed E-state index contributed by atoms with van der Waals surface area (Å²) in [5.74, 6) is 0.669. The van der Waals surface area contributed by atoms with Gasteiger partial charge in [0.25, 0.3) is 0 Å². The highest BCUT2D eigenvalue weighted by Gasteiger charge is 2.35. The van der Waals surface area contributed by atoms with E-state index in [0.29, 0.717) is 11.8 Å². The number of rotatable bonds is 5. The highest BCUT2D eigenvalue weighted by atomic mass is 14.4. The minimum absolute atomic E-state index is 0.326. The fourth-order valence-electron chi connectivity index (χ4n) is 4.92. The van der Waals surface area contributed by atoms with Crippen molar-refractivity contribution in [3.8, 4) is 0 Å². The van der Waals surface area contributed by atoms with E-state index in [2.05, 4.69) is 87.7 Å². The van der Waals surface area contributed by atoms with Crippen LogP contribution in [0, 0.1) is 18.8 Å². The molecular formula is C29H30. The Hall–Kier alpha value is -2.86. The second kappa shape index (κ2) is 8.25. The lowest BCUT2D eigenvalue weighted by molar-refractivity contribution is 0.628. The summed E-state index contributed by atoms with van der Waals surface area (Å²) >= 11 is 0. The van der Waals surface area contributed by atoms with Crippen LogP contribution >= 0.6 is 0 Å². The van der Waals surface area contributed by atoms with Crippen LogP contribution in [0.1, 0.15) is 37.3 Å². The maximum Gasteiger partial charge on any atom is 0.0137 e. The molecule has 1 aromatic rings. The molecule has 0 N–H and O–H groups in total. The maximum atomic E-state index is 4.21. The topological polar surface area (TPSA) is 0 Å². The van der Waals surface area contributed by atoms with Gasteiger partial charge < -0.3 is 0 Å². The van der Waals surface area contributed by atoms with Gasteiger partial charge in [0, 0.05) is 11.8 Å². The van der Waals surface area contributed by atoms with Gasteiger partial charge >= 0.3 is 0 Å². The van der Waals surface area contributed by atoms with Crippen LogP contribution in [0.5, 0.6) is 0 Å². The second-order valence-electron chi connectivity index (χ2n) is 8.12. The molecule has 0 saturated carbocycles. The molecule has 4 rings (SSSR count). The first kappa shape index (κ1) is 19.5. The maximum absolute atomic E-state index is 4.21. The molecule has 0 aliphatic heterocycles. The predicted molar refractivity (Wildman–Crippen MR) is 126 cm³/mol. The highest BCUT2D eigenvalue weighted by molar-refractivity contribution is 5.83. The molecule has 0 nitrogen and oxygen atoms in total. The van der Waals surface area contributed by atoms with E-state index >= 15 is 0 Å². The third-order valence-electron chi connectivity index (χ3n) is 6.48. The summed E-state index contributed by atoms with van der Waals surface area (Å²) in [6, 6.07) is 8.90. The Morgan fingerprint density at radius 1 is 0.862 bits per heavy atom. The number of hydrogen-bond acceptors (Lipinski definition) is 0. The Balaban J connectivity index is 1.95. The van der Waals surface area contributed by atoms with E-state index < -0.39 is 0 Å². The number of allylic oxidation sites excluding steroid dienone is 14. The van der Waals surface area contributed by atoms with Crippen LogP contribution < -0.4 is 0 Å². The average Bonchev–Trinajstić information content (AvgIpc) is 2.78. The SMILES string of the molecule is C=CC1=C(C2=CC=C(CC)CC2)C2C=CC=CC2C(c2ccc(C)cc2)=C1C=C. The molecule has 0 heterocycles. The second-order valence-corrected chi connectivity index (χ2v) is 8.12. The first-order chi connectivity index (χ1) is 14.2. The van der Waals surface area contributed by atoms with E-state index in [4.69, 9.17) is 0 Å². The molecule has 0 radical (unpaired) electrons. The summed E-state index contributed by atoms with van der Waals surface area (Å²) in [7, 11) is 0. The van der Waals surface area contributed by atoms with Crippen LogP contribution in [0.25, 0.3) is 5.57 Å². The summed E-state index contributed by atoms with van der Waals surface area (Å²) in [5, 5.41) is 0. The Kier molecular flexibility index (Phi) is 5.53. The summed E-state index contributed by atoms with van der Waals surface area (Å²) in [5.41, 5.74) is 10.8. The third kappa shape index (κ3) is 3.49. The van der Waals surface area contributed by atoms with Gasteiger partial charge in [-0.15, -0.1) is 0 Å². The van der Waals surface area contributed by atoms with Crippen molar-refractivity contribution in [3.05, 3.63) is 125 Å². The quantitative estimate of drug-likeness (QED) is 0.489. The highest BCUT2D eigenvalue weighted by Crippen LogP contribution is 2.50. The van der Waals surface area contributed by atoms with E-state index in [1.165, 1.54) is 39.0 Å². The first-order valence-corrected chi connectivity index (χ1v) is 10.7. The minimum Gasteiger partial charge on any atom is -0.0984 e. The lowest BCUT2D eigenvalue weighted by atomic mass is 9.65. The van der Waals surface area contributed by atoms with Crippen molar-refractivity contribution in [2.45, 2.75) is 33.1 Å². The molecule has 0 spiro atoms. The Morgan fingerprint density at radius 3 is 2.03 bits per heavy atom. The molecule has 0 aromatic heterocycles. The lowest BCUT2D eigenvalue weighted by Gasteiger charge is -2.38. The Morgan fingerprint density at radius 2 is 1.48 bits per heavy atom. The molecule has 3 aliphatic carbocycles. The number of benzene rings is 1. The van der Waals surface area contributed by atoms with Crippen LogP contribution in [0.3, 0.4) is 0 Å². The lowest BCUT2D eigenvalue weighted by Crippen LogP contribution is -2.25. The van der Waals surface area contributed by atoms with Gasteiger partial charge in [0.1, 0.15) is 0 Å². The molecule has 2 unspecified atom stereocenters. The predicted octanol–water partition coefficient (Wildman–Crippen LogP) is 7.85. The zero-order valence-electron chi connectivity index (χ0n) is 17.6. The number of fused-ring (bicyclic) bond motifs is 1. The molecular weight excluding hydrogens is 348 g/mol. The normalized spacial score (nSPS) is 23.5. The number of aryl methyl sites for hydroxylation is 1. The molecule has 0 saturated heterocycles. The van der Waals surface area contributed by atoms with E-state index in [1.54, 1.807) is 5.57 Å². The first-order valence-electron chi connectivity index (χ1n) is 10.7. The zero-order chi connectivity index (χ0) is 20.4. The number of hydrogen-bond donors (Lipinski definition) is 0. The molecule has 3 aliphatic rings. The largest absolute Gasteiger partial charge is 0.0984 e. The standard InChI is InChI=1S/C29H30/c1-5-21-14-18-23(19-15-21)29-25(7-3)24(6-2)28(22-16-12-20(4)13-17-22)26-10-8-9-11-27(26)29/h6-14,16-18,26-27H,2-3,5,15,19H2,1,4H3. The monoisotopic (exact) mass is 378 g/mol. The van der Waals surface area contributed by atoms with Gasteiger partial charge in [-0.3, -0.25) is 0 Å². The van der Waals surface area contributed by atoms with Crippen molar-refractivity contribution in [2.24, 2.45) is 11.8 Å². The van der Waals surface area contributed by atoms with Gasteiger partial charge in [-0.25, -0.2) is 0 Å². The molecule has 2 atom stereocenters. The molecule has 0 amide bonds. The van der Waals surface area contributed by atoms with Gasteiger partial charge in [-0.1, -0.05) is 104 Å². The zero-order valence-corrected chi connectivity index (χ0v) is 17.6. The Labute approximate surface area is 175 Å². The third-order valence-corrected chi connectivity index (χ3v) is 6.48. The van der Waals surface area contributed by atoms with Gasteiger partial charge in [0.2, 0.25) is 0 Å². The Bertz CT molecular complexity index is 1010. The molecule has 1 aromatic carbocycles. The van der Waals surface area contributed by atoms with Crippen molar-refractivity contribution >= 4 is 5.57 Å². The summed E-state index contributed by atoms with van der Waals surface area (Å²) in [6.45, 7) is 12.8. The van der Waals surface area contributed by atoms with Gasteiger partial charge in [0.15, 0.2) is 0 Å². The van der Waals surface area contributed by atoms with Crippen LogP contribution in [-0.4, -0.2) is 0 Å². The molecule has 0 fully saturated rings. The van der Waals surface area contributed by atoms with Crippen LogP contribution in [-0.2, 0) is 0 Å². The van der Waals surface area contributed by atoms with Crippen LogP contribution in [0.15, 0.2) is 114 Å². The molecule has 146 valence electrons. The fourth-order valence-corrected chi connectivity index (χ4v) is 4.92. The van der Waals surface area contributed by atoms with Crippen molar-refractivity contribution in [3.63, 3.8) is 0 Å². The van der Waals surface area contributed by atoms with E-state index in [0.717, 1.165) is 19.3 Å². The van der Waals surface area contributed by atoms with E-state index in [1.807, 2.05) is 12.2 Å².